The van der Waals surface area contributed by atoms with Gasteiger partial charge in [-0.2, -0.15) is 0 Å². The molecule has 1 atom stereocenters. The summed E-state index contributed by atoms with van der Waals surface area (Å²) in [7, 11) is 0. The molecule has 1 heterocycles. The number of carbonyl (C=O) groups is 2. The molecule has 1 aromatic rings. The first-order valence-electron chi connectivity index (χ1n) is 8.50. The Hall–Kier alpha value is -2.04. The van der Waals surface area contributed by atoms with Crippen molar-refractivity contribution < 1.29 is 14.3 Å². The number of hydrogen-bond donors (Lipinski definition) is 1. The van der Waals surface area contributed by atoms with Crippen LogP contribution < -0.4 is 15.4 Å². The normalized spacial score (nSPS) is 21.4. The smallest absolute Gasteiger partial charge is 0.260 e. The van der Waals surface area contributed by atoms with Crippen molar-refractivity contribution in [2.45, 2.75) is 51.0 Å². The van der Waals surface area contributed by atoms with Crippen LogP contribution in [0.15, 0.2) is 24.3 Å². The predicted molar refractivity (Wildman–Crippen MR) is 88.2 cm³/mol. The van der Waals surface area contributed by atoms with Gasteiger partial charge in [-0.25, -0.2) is 0 Å². The summed E-state index contributed by atoms with van der Waals surface area (Å²) >= 11 is 0. The summed E-state index contributed by atoms with van der Waals surface area (Å²) in [4.78, 5) is 25.9. The number of ether oxygens (including phenoxy) is 1. The molecule has 0 spiro atoms. The molecule has 23 heavy (non-hydrogen) atoms. The van der Waals surface area contributed by atoms with Crippen LogP contribution in [0.25, 0.3) is 0 Å². The van der Waals surface area contributed by atoms with Crippen molar-refractivity contribution in [1.82, 2.24) is 0 Å². The third kappa shape index (κ3) is 3.66. The van der Waals surface area contributed by atoms with E-state index >= 15 is 0 Å². The lowest BCUT2D eigenvalue weighted by atomic mass is 9.86. The van der Waals surface area contributed by atoms with Gasteiger partial charge in [0.15, 0.2) is 6.10 Å². The third-order valence-corrected chi connectivity index (χ3v) is 4.88. The van der Waals surface area contributed by atoms with Gasteiger partial charge in [-0.3, -0.25) is 9.59 Å². The molecular formula is C18H24N2O3. The molecule has 124 valence electrons. The van der Waals surface area contributed by atoms with Crippen LogP contribution in [0, 0.1) is 5.92 Å². The highest BCUT2D eigenvalue weighted by Gasteiger charge is 2.32. The SMILES string of the molecule is NC(=O)C1CN(C(=O)CCC2CCCCC2)c2ccccc2O1. The van der Waals surface area contributed by atoms with Crippen LogP contribution in [0.2, 0.25) is 0 Å². The zero-order valence-electron chi connectivity index (χ0n) is 13.4. The molecule has 2 N–H and O–H groups in total. The number of carbonyl (C=O) groups excluding carboxylic acids is 2. The molecule has 1 fully saturated rings. The van der Waals surface area contributed by atoms with E-state index in [9.17, 15) is 9.59 Å². The lowest BCUT2D eigenvalue weighted by molar-refractivity contribution is -0.125. The Kier molecular flexibility index (Phi) is 4.84. The lowest BCUT2D eigenvalue weighted by Crippen LogP contribution is -2.49. The standard InChI is InChI=1S/C18H24N2O3/c19-18(22)16-12-20(14-8-4-5-9-15(14)23-16)17(21)11-10-13-6-2-1-3-7-13/h4-5,8-9,13,16H,1-3,6-7,10-12H2,(H2,19,22). The van der Waals surface area contributed by atoms with Crippen molar-refractivity contribution in [1.29, 1.82) is 0 Å². The summed E-state index contributed by atoms with van der Waals surface area (Å²) in [6, 6.07) is 7.32. The molecular weight excluding hydrogens is 292 g/mol. The fraction of sp³-hybridized carbons (Fsp3) is 0.556. The fourth-order valence-corrected chi connectivity index (χ4v) is 3.56. The van der Waals surface area contributed by atoms with E-state index in [4.69, 9.17) is 10.5 Å². The van der Waals surface area contributed by atoms with Gasteiger partial charge in [-0.15, -0.1) is 0 Å². The van der Waals surface area contributed by atoms with Gasteiger partial charge in [0, 0.05) is 6.42 Å². The number of nitrogens with zero attached hydrogens (tertiary/aromatic N) is 1. The first-order chi connectivity index (χ1) is 11.1. The van der Waals surface area contributed by atoms with Gasteiger partial charge in [-0.05, 0) is 24.5 Å². The van der Waals surface area contributed by atoms with Crippen LogP contribution in [0.3, 0.4) is 0 Å². The molecule has 2 aliphatic rings. The summed E-state index contributed by atoms with van der Waals surface area (Å²) in [6.45, 7) is 0.204. The first kappa shape index (κ1) is 15.8. The summed E-state index contributed by atoms with van der Waals surface area (Å²) in [5.74, 6) is 0.728. The highest BCUT2D eigenvalue weighted by molar-refractivity contribution is 5.97. The highest BCUT2D eigenvalue weighted by atomic mass is 16.5. The minimum absolute atomic E-state index is 0.0533. The van der Waals surface area contributed by atoms with E-state index in [1.165, 1.54) is 32.1 Å². The molecule has 0 aromatic heterocycles. The van der Waals surface area contributed by atoms with Crippen LogP contribution in [-0.2, 0) is 9.59 Å². The summed E-state index contributed by atoms with van der Waals surface area (Å²) < 4.78 is 5.60. The molecule has 0 bridgehead atoms. The second-order valence-corrected chi connectivity index (χ2v) is 6.52. The number of amides is 2. The van der Waals surface area contributed by atoms with Gasteiger partial charge in [0.05, 0.1) is 12.2 Å². The number of anilines is 1. The predicted octanol–water partition coefficient (Wildman–Crippen LogP) is 2.63. The molecule has 3 rings (SSSR count). The van der Waals surface area contributed by atoms with E-state index in [0.29, 0.717) is 18.1 Å². The van der Waals surface area contributed by atoms with Gasteiger partial charge in [0.2, 0.25) is 5.91 Å². The molecule has 1 aliphatic carbocycles. The summed E-state index contributed by atoms with van der Waals surface area (Å²) in [5, 5.41) is 0. The molecule has 1 saturated carbocycles. The Morgan fingerprint density at radius 1 is 1.17 bits per heavy atom. The van der Waals surface area contributed by atoms with Crippen molar-refractivity contribution >= 4 is 17.5 Å². The van der Waals surface area contributed by atoms with E-state index in [2.05, 4.69) is 0 Å². The zero-order chi connectivity index (χ0) is 16.2. The van der Waals surface area contributed by atoms with Gasteiger partial charge in [-0.1, -0.05) is 44.2 Å². The lowest BCUT2D eigenvalue weighted by Gasteiger charge is -2.34. The Balaban J connectivity index is 1.69. The number of nitrogens with two attached hydrogens (primary N) is 1. The second kappa shape index (κ2) is 7.02. The van der Waals surface area contributed by atoms with Gasteiger partial charge in [0.25, 0.3) is 5.91 Å². The van der Waals surface area contributed by atoms with E-state index < -0.39 is 12.0 Å². The Bertz CT molecular complexity index is 581. The van der Waals surface area contributed by atoms with Gasteiger partial charge in [0.1, 0.15) is 5.75 Å². The largest absolute Gasteiger partial charge is 0.477 e. The maximum absolute atomic E-state index is 12.7. The molecule has 2 amide bonds. The van der Waals surface area contributed by atoms with Crippen LogP contribution in [0.5, 0.6) is 5.75 Å². The Morgan fingerprint density at radius 3 is 2.65 bits per heavy atom. The molecule has 1 aliphatic heterocycles. The molecule has 0 saturated heterocycles. The van der Waals surface area contributed by atoms with Crippen molar-refractivity contribution in [2.75, 3.05) is 11.4 Å². The molecule has 5 heteroatoms. The van der Waals surface area contributed by atoms with E-state index in [1.54, 1.807) is 11.0 Å². The van der Waals surface area contributed by atoms with Crippen molar-refractivity contribution in [3.63, 3.8) is 0 Å². The van der Waals surface area contributed by atoms with Crippen LogP contribution in [-0.4, -0.2) is 24.5 Å². The quantitative estimate of drug-likeness (QED) is 0.928. The van der Waals surface area contributed by atoms with Crippen LogP contribution >= 0.6 is 0 Å². The zero-order valence-corrected chi connectivity index (χ0v) is 13.4. The number of rotatable bonds is 4. The average molecular weight is 316 g/mol. The number of primary amides is 1. The van der Waals surface area contributed by atoms with E-state index in [1.807, 2.05) is 18.2 Å². The molecule has 1 unspecified atom stereocenters. The van der Waals surface area contributed by atoms with Gasteiger partial charge < -0.3 is 15.4 Å². The maximum Gasteiger partial charge on any atom is 0.260 e. The first-order valence-corrected chi connectivity index (χ1v) is 8.50. The molecule has 5 nitrogen and oxygen atoms in total. The summed E-state index contributed by atoms with van der Waals surface area (Å²) in [6.07, 6.45) is 7.02. The Labute approximate surface area is 136 Å². The number of benzene rings is 1. The number of para-hydroxylation sites is 2. The summed E-state index contributed by atoms with van der Waals surface area (Å²) in [5.41, 5.74) is 6.11. The molecule has 0 radical (unpaired) electrons. The number of fused-ring (bicyclic) bond motifs is 1. The minimum Gasteiger partial charge on any atom is -0.477 e. The van der Waals surface area contributed by atoms with Gasteiger partial charge >= 0.3 is 0 Å². The highest BCUT2D eigenvalue weighted by Crippen LogP contribution is 2.34. The third-order valence-electron chi connectivity index (χ3n) is 4.88. The minimum atomic E-state index is -0.775. The van der Waals surface area contributed by atoms with Crippen molar-refractivity contribution in [2.24, 2.45) is 11.7 Å². The average Bonchev–Trinajstić information content (AvgIpc) is 2.59. The van der Waals surface area contributed by atoms with E-state index in [-0.39, 0.29) is 12.5 Å². The van der Waals surface area contributed by atoms with Crippen molar-refractivity contribution in [3.8, 4) is 5.75 Å². The fourth-order valence-electron chi connectivity index (χ4n) is 3.56. The molecule has 1 aromatic carbocycles. The monoisotopic (exact) mass is 316 g/mol. The second-order valence-electron chi connectivity index (χ2n) is 6.52. The maximum atomic E-state index is 12.7. The number of hydrogen-bond acceptors (Lipinski definition) is 3. The van der Waals surface area contributed by atoms with Crippen LogP contribution in [0.4, 0.5) is 5.69 Å². The van der Waals surface area contributed by atoms with Crippen molar-refractivity contribution in [3.05, 3.63) is 24.3 Å². The van der Waals surface area contributed by atoms with E-state index in [0.717, 1.165) is 12.1 Å². The topological polar surface area (TPSA) is 72.6 Å². The van der Waals surface area contributed by atoms with Crippen LogP contribution in [0.1, 0.15) is 44.9 Å². The Morgan fingerprint density at radius 2 is 1.91 bits per heavy atom.